The number of ether oxygens (including phenoxy) is 1. The average Bonchev–Trinajstić information content (AvgIpc) is 3.21. The number of carbonyl (C=O) groups excluding carboxylic acids is 2. The van der Waals surface area contributed by atoms with E-state index in [4.69, 9.17) is 4.74 Å². The van der Waals surface area contributed by atoms with Gasteiger partial charge in [-0.25, -0.2) is 4.39 Å². The van der Waals surface area contributed by atoms with E-state index in [2.05, 4.69) is 11.0 Å². The van der Waals surface area contributed by atoms with Gasteiger partial charge in [0.05, 0.1) is 26.3 Å². The number of hydrogen-bond donors (Lipinski definition) is 0. The summed E-state index contributed by atoms with van der Waals surface area (Å²) in [7, 11) is 0. The van der Waals surface area contributed by atoms with Gasteiger partial charge in [0, 0.05) is 48.4 Å². The van der Waals surface area contributed by atoms with Gasteiger partial charge in [-0.1, -0.05) is 18.6 Å². The van der Waals surface area contributed by atoms with E-state index in [0.29, 0.717) is 32.8 Å². The second kappa shape index (κ2) is 11.9. The van der Waals surface area contributed by atoms with Crippen LogP contribution in [0.4, 0.5) is 4.39 Å². The molecule has 2 aliphatic rings. The quantitative estimate of drug-likeness (QED) is 0.513. The van der Waals surface area contributed by atoms with E-state index < -0.39 is 0 Å². The molecule has 1 saturated heterocycles. The van der Waals surface area contributed by atoms with E-state index in [9.17, 15) is 14.0 Å². The normalized spacial score (nSPS) is 16.8. The van der Waals surface area contributed by atoms with Crippen molar-refractivity contribution in [1.82, 2.24) is 14.7 Å². The van der Waals surface area contributed by atoms with Crippen LogP contribution in [0.15, 0.2) is 36.4 Å². The smallest absolute Gasteiger partial charge is 0.242 e. The maximum atomic E-state index is 13.5. The predicted molar refractivity (Wildman–Crippen MR) is 131 cm³/mol. The lowest BCUT2D eigenvalue weighted by molar-refractivity contribution is -0.145. The summed E-state index contributed by atoms with van der Waals surface area (Å²) in [5.41, 5.74) is 0.869. The molecule has 4 rings (SSSR count). The zero-order chi connectivity index (χ0) is 23.9. The van der Waals surface area contributed by atoms with Crippen LogP contribution in [0.1, 0.15) is 34.6 Å². The molecular weight excluding hydrogens is 453 g/mol. The summed E-state index contributed by atoms with van der Waals surface area (Å²) in [5, 5.41) is 0. The number of halogens is 1. The first kappa shape index (κ1) is 24.8. The first-order valence-electron chi connectivity index (χ1n) is 12.1. The molecule has 0 unspecified atom stereocenters. The molecule has 1 saturated carbocycles. The maximum absolute atomic E-state index is 13.5. The Balaban J connectivity index is 1.46. The summed E-state index contributed by atoms with van der Waals surface area (Å²) in [6.07, 6.45) is 2.90. The number of aryl methyl sites for hydroxylation is 1. The molecule has 2 heterocycles. The zero-order valence-electron chi connectivity index (χ0n) is 19.9. The van der Waals surface area contributed by atoms with Gasteiger partial charge in [0.1, 0.15) is 5.82 Å². The van der Waals surface area contributed by atoms with E-state index in [0.717, 1.165) is 49.3 Å². The summed E-state index contributed by atoms with van der Waals surface area (Å²) in [4.78, 5) is 34.9. The van der Waals surface area contributed by atoms with E-state index in [1.165, 1.54) is 17.0 Å². The Morgan fingerprint density at radius 1 is 1.06 bits per heavy atom. The molecule has 184 valence electrons. The van der Waals surface area contributed by atoms with Crippen molar-refractivity contribution in [2.45, 2.75) is 39.3 Å². The molecule has 2 amide bonds. The van der Waals surface area contributed by atoms with Gasteiger partial charge < -0.3 is 14.5 Å². The van der Waals surface area contributed by atoms with Crippen LogP contribution >= 0.6 is 11.3 Å². The molecule has 6 nitrogen and oxygen atoms in total. The molecule has 0 N–H and O–H groups in total. The molecule has 1 aromatic heterocycles. The summed E-state index contributed by atoms with van der Waals surface area (Å²) in [5.74, 6) is -0.231. The molecule has 0 spiro atoms. The summed E-state index contributed by atoms with van der Waals surface area (Å²) in [6.45, 7) is 7.40. The Morgan fingerprint density at radius 3 is 2.41 bits per heavy atom. The van der Waals surface area contributed by atoms with Gasteiger partial charge in [-0.3, -0.25) is 14.5 Å². The van der Waals surface area contributed by atoms with Crippen molar-refractivity contribution in [3.8, 4) is 0 Å². The van der Waals surface area contributed by atoms with Crippen molar-refractivity contribution in [2.24, 2.45) is 5.92 Å². The molecule has 2 aromatic rings. The first-order chi connectivity index (χ1) is 16.5. The van der Waals surface area contributed by atoms with Crippen LogP contribution in [0.5, 0.6) is 0 Å². The van der Waals surface area contributed by atoms with Gasteiger partial charge in [0.2, 0.25) is 11.8 Å². The fraction of sp³-hybridized carbons (Fsp3) is 0.538. The van der Waals surface area contributed by atoms with Crippen molar-refractivity contribution >= 4 is 23.2 Å². The van der Waals surface area contributed by atoms with Gasteiger partial charge in [-0.05, 0) is 49.6 Å². The van der Waals surface area contributed by atoms with Crippen molar-refractivity contribution in [1.29, 1.82) is 0 Å². The lowest BCUT2D eigenvalue weighted by atomic mass is 9.84. The molecule has 1 aromatic carbocycles. The number of rotatable bonds is 10. The summed E-state index contributed by atoms with van der Waals surface area (Å²) < 4.78 is 18.8. The first-order valence-corrected chi connectivity index (χ1v) is 13.0. The van der Waals surface area contributed by atoms with Crippen LogP contribution in [-0.2, 0) is 27.4 Å². The van der Waals surface area contributed by atoms with Crippen molar-refractivity contribution in [2.75, 3.05) is 45.9 Å². The highest BCUT2D eigenvalue weighted by Crippen LogP contribution is 2.28. The Bertz CT molecular complexity index is 954. The Morgan fingerprint density at radius 2 is 1.79 bits per heavy atom. The molecular formula is C26H34FN3O3S. The topological polar surface area (TPSA) is 53.1 Å². The third kappa shape index (κ3) is 6.87. The van der Waals surface area contributed by atoms with E-state index in [1.807, 2.05) is 13.0 Å². The lowest BCUT2D eigenvalue weighted by Crippen LogP contribution is -2.49. The summed E-state index contributed by atoms with van der Waals surface area (Å²) in [6, 6.07) is 10.4. The zero-order valence-corrected chi connectivity index (χ0v) is 20.7. The van der Waals surface area contributed by atoms with Crippen LogP contribution in [0.25, 0.3) is 0 Å². The number of hydrogen-bond acceptors (Lipinski definition) is 5. The second-order valence-electron chi connectivity index (χ2n) is 9.23. The van der Waals surface area contributed by atoms with Gasteiger partial charge in [0.25, 0.3) is 0 Å². The van der Waals surface area contributed by atoms with E-state index >= 15 is 0 Å². The predicted octanol–water partition coefficient (Wildman–Crippen LogP) is 3.69. The van der Waals surface area contributed by atoms with Crippen molar-refractivity contribution in [3.63, 3.8) is 0 Å². The Hall–Kier alpha value is -2.29. The highest BCUT2D eigenvalue weighted by atomic mass is 32.1. The molecule has 0 radical (unpaired) electrons. The minimum absolute atomic E-state index is 0.0444. The van der Waals surface area contributed by atoms with Gasteiger partial charge in [-0.2, -0.15) is 0 Å². The number of nitrogens with zero attached hydrogens (tertiary/aromatic N) is 3. The molecule has 0 atom stereocenters. The van der Waals surface area contributed by atoms with Crippen LogP contribution in [0.3, 0.4) is 0 Å². The number of thiophene rings is 1. The monoisotopic (exact) mass is 487 g/mol. The van der Waals surface area contributed by atoms with Gasteiger partial charge >= 0.3 is 0 Å². The molecule has 1 aliphatic carbocycles. The Labute approximate surface area is 205 Å². The molecule has 34 heavy (non-hydrogen) atoms. The van der Waals surface area contributed by atoms with Crippen LogP contribution in [0, 0.1) is 18.7 Å². The van der Waals surface area contributed by atoms with Crippen molar-refractivity contribution in [3.05, 3.63) is 57.5 Å². The standard InChI is InChI=1S/C26H34FN3O3S/c1-20-5-10-24(34-20)18-30(17-21-6-8-23(27)9-7-21)25(31)19-29(26(32)22-3-2-4-22)12-11-28-13-15-33-16-14-28/h5-10,22H,2-4,11-19H2,1H3. The average molecular weight is 488 g/mol. The number of morpholine rings is 1. The van der Waals surface area contributed by atoms with E-state index in [-0.39, 0.29) is 30.1 Å². The number of carbonyl (C=O) groups is 2. The van der Waals surface area contributed by atoms with E-state index in [1.54, 1.807) is 33.3 Å². The molecule has 2 fully saturated rings. The number of amides is 2. The van der Waals surface area contributed by atoms with Crippen molar-refractivity contribution < 1.29 is 18.7 Å². The minimum Gasteiger partial charge on any atom is -0.379 e. The highest BCUT2D eigenvalue weighted by molar-refractivity contribution is 7.11. The van der Waals surface area contributed by atoms with Crippen LogP contribution in [0.2, 0.25) is 0 Å². The third-order valence-electron chi connectivity index (χ3n) is 6.66. The summed E-state index contributed by atoms with van der Waals surface area (Å²) >= 11 is 1.67. The SMILES string of the molecule is Cc1ccc(CN(Cc2ccc(F)cc2)C(=O)CN(CCN2CCOCC2)C(=O)C2CCC2)s1. The van der Waals surface area contributed by atoms with Gasteiger partial charge in [-0.15, -0.1) is 11.3 Å². The van der Waals surface area contributed by atoms with Crippen LogP contribution < -0.4 is 0 Å². The third-order valence-corrected chi connectivity index (χ3v) is 7.65. The van der Waals surface area contributed by atoms with Crippen LogP contribution in [-0.4, -0.2) is 72.5 Å². The highest BCUT2D eigenvalue weighted by Gasteiger charge is 2.31. The molecule has 0 bridgehead atoms. The fourth-order valence-corrected chi connectivity index (χ4v) is 5.24. The largest absolute Gasteiger partial charge is 0.379 e. The lowest BCUT2D eigenvalue weighted by Gasteiger charge is -2.35. The number of benzene rings is 1. The maximum Gasteiger partial charge on any atom is 0.242 e. The molecule has 8 heteroatoms. The Kier molecular flexibility index (Phi) is 8.69. The van der Waals surface area contributed by atoms with Gasteiger partial charge in [0.15, 0.2) is 0 Å². The molecule has 1 aliphatic heterocycles. The second-order valence-corrected chi connectivity index (χ2v) is 10.6. The fourth-order valence-electron chi connectivity index (χ4n) is 4.33. The minimum atomic E-state index is -0.295.